The van der Waals surface area contributed by atoms with Gasteiger partial charge in [-0.2, -0.15) is 4.98 Å². The summed E-state index contributed by atoms with van der Waals surface area (Å²) in [5.74, 6) is -0.651. The van der Waals surface area contributed by atoms with Crippen LogP contribution < -0.4 is 10.1 Å². The van der Waals surface area contributed by atoms with Crippen molar-refractivity contribution in [3.05, 3.63) is 72.3 Å². The molecule has 1 aliphatic carbocycles. The molecule has 1 heterocycles. The number of ether oxygens (including phenoxy) is 1. The molecule has 2 N–H and O–H groups in total. The first-order valence-corrected chi connectivity index (χ1v) is 10.7. The number of nitrogens with one attached hydrogen (secondary N) is 1. The molecule has 0 radical (unpaired) electrons. The van der Waals surface area contributed by atoms with Crippen molar-refractivity contribution in [2.45, 2.75) is 32.2 Å². The third-order valence-corrected chi connectivity index (χ3v) is 5.90. The molecule has 1 atom stereocenters. The Morgan fingerprint density at radius 1 is 1.21 bits per heavy atom. The van der Waals surface area contributed by atoms with Crippen LogP contribution >= 0.6 is 0 Å². The standard InChI is InChI=1S/C26H26N2O5/c1-25(2,23(30)31)16-22(29)26(13-11-18(12-14-26)17-7-5-4-6-8-17)28-24-27-20-10-9-19(32-3)15-21(20)33-24/h4-13,15H,14,16H2,1-3H3,(H,27,28)(H,30,31). The van der Waals surface area contributed by atoms with Gasteiger partial charge in [0.15, 0.2) is 11.4 Å². The molecule has 1 aromatic heterocycles. The number of benzene rings is 2. The highest BCUT2D eigenvalue weighted by atomic mass is 16.5. The van der Waals surface area contributed by atoms with Crippen molar-refractivity contribution < 1.29 is 23.8 Å². The minimum atomic E-state index is -1.21. The molecule has 7 nitrogen and oxygen atoms in total. The number of rotatable bonds is 8. The quantitative estimate of drug-likeness (QED) is 0.496. The number of aliphatic carboxylic acids is 1. The Morgan fingerprint density at radius 2 is 1.97 bits per heavy atom. The van der Waals surface area contributed by atoms with Crippen LogP contribution in [-0.4, -0.2) is 34.5 Å². The summed E-state index contributed by atoms with van der Waals surface area (Å²) in [6, 6.07) is 15.3. The van der Waals surface area contributed by atoms with Gasteiger partial charge in [-0.1, -0.05) is 48.6 Å². The number of aromatic nitrogens is 1. The van der Waals surface area contributed by atoms with Gasteiger partial charge in [-0.25, -0.2) is 0 Å². The van der Waals surface area contributed by atoms with Gasteiger partial charge < -0.3 is 19.6 Å². The van der Waals surface area contributed by atoms with Crippen LogP contribution in [0.5, 0.6) is 5.75 Å². The second-order valence-electron chi connectivity index (χ2n) is 8.80. The number of anilines is 1. The average Bonchev–Trinajstić information content (AvgIpc) is 3.20. The van der Waals surface area contributed by atoms with Gasteiger partial charge in [0.1, 0.15) is 16.8 Å². The SMILES string of the molecule is COc1ccc2nc(NC3(C(=O)CC(C)(C)C(=O)O)C=CC(c4ccccc4)=CC3)oc2c1. The summed E-state index contributed by atoms with van der Waals surface area (Å²) in [5, 5.41) is 12.7. The zero-order valence-electron chi connectivity index (χ0n) is 18.8. The second-order valence-corrected chi connectivity index (χ2v) is 8.80. The zero-order valence-corrected chi connectivity index (χ0v) is 18.8. The largest absolute Gasteiger partial charge is 0.497 e. The normalized spacial score (nSPS) is 18.1. The fraction of sp³-hybridized carbons (Fsp3) is 0.269. The van der Waals surface area contributed by atoms with Crippen LogP contribution in [0.1, 0.15) is 32.3 Å². The third kappa shape index (κ3) is 4.53. The summed E-state index contributed by atoms with van der Waals surface area (Å²) in [6.45, 7) is 3.09. The Balaban J connectivity index is 1.68. The number of carboxylic acids is 1. The van der Waals surface area contributed by atoms with Crippen LogP contribution in [-0.2, 0) is 9.59 Å². The molecule has 0 saturated heterocycles. The summed E-state index contributed by atoms with van der Waals surface area (Å²) >= 11 is 0. The highest BCUT2D eigenvalue weighted by Gasteiger charge is 2.42. The Bertz CT molecular complexity index is 1260. The van der Waals surface area contributed by atoms with Crippen molar-refractivity contribution in [3.63, 3.8) is 0 Å². The number of hydrogen-bond donors (Lipinski definition) is 2. The molecule has 0 aliphatic heterocycles. The number of oxazole rings is 1. The van der Waals surface area contributed by atoms with Crippen LogP contribution in [0.15, 0.2) is 71.2 Å². The molecule has 33 heavy (non-hydrogen) atoms. The Kier molecular flexibility index (Phi) is 5.80. The van der Waals surface area contributed by atoms with Crippen molar-refractivity contribution in [2.75, 3.05) is 12.4 Å². The number of ketones is 1. The molecule has 2 aromatic carbocycles. The maximum atomic E-state index is 13.5. The Hall–Kier alpha value is -3.87. The molecule has 170 valence electrons. The van der Waals surface area contributed by atoms with E-state index in [1.54, 1.807) is 45.2 Å². The lowest BCUT2D eigenvalue weighted by atomic mass is 9.76. The van der Waals surface area contributed by atoms with E-state index < -0.39 is 16.9 Å². The highest BCUT2D eigenvalue weighted by molar-refractivity contribution is 5.98. The number of fused-ring (bicyclic) bond motifs is 1. The van der Waals surface area contributed by atoms with E-state index in [9.17, 15) is 14.7 Å². The molecular formula is C26H26N2O5. The molecule has 4 rings (SSSR count). The number of carboxylic acid groups (broad SMARTS) is 1. The van der Waals surface area contributed by atoms with E-state index in [4.69, 9.17) is 9.15 Å². The predicted octanol–water partition coefficient (Wildman–Crippen LogP) is 5.10. The maximum Gasteiger partial charge on any atom is 0.309 e. The van der Waals surface area contributed by atoms with Crippen LogP contribution in [0.4, 0.5) is 6.01 Å². The molecule has 3 aromatic rings. The first-order valence-electron chi connectivity index (χ1n) is 10.7. The number of hydrogen-bond acceptors (Lipinski definition) is 6. The van der Waals surface area contributed by atoms with E-state index in [-0.39, 0.29) is 18.2 Å². The van der Waals surface area contributed by atoms with E-state index in [0.717, 1.165) is 11.1 Å². The van der Waals surface area contributed by atoms with Crippen LogP contribution in [0, 0.1) is 5.41 Å². The smallest absolute Gasteiger partial charge is 0.309 e. The van der Waals surface area contributed by atoms with Gasteiger partial charge in [-0.3, -0.25) is 9.59 Å². The third-order valence-electron chi connectivity index (χ3n) is 5.90. The minimum Gasteiger partial charge on any atom is -0.497 e. The molecule has 0 bridgehead atoms. The molecule has 0 fully saturated rings. The number of carbonyl (C=O) groups excluding carboxylic acids is 1. The Morgan fingerprint density at radius 3 is 2.61 bits per heavy atom. The van der Waals surface area contributed by atoms with E-state index in [1.165, 1.54) is 0 Å². The van der Waals surface area contributed by atoms with Gasteiger partial charge >= 0.3 is 5.97 Å². The number of Topliss-reactive ketones (excluding diaryl/α,β-unsaturated/α-hetero) is 1. The van der Waals surface area contributed by atoms with Gasteiger partial charge in [-0.05, 0) is 37.1 Å². The molecule has 0 spiro atoms. The summed E-state index contributed by atoms with van der Waals surface area (Å²) < 4.78 is 11.1. The first-order chi connectivity index (χ1) is 15.7. The fourth-order valence-corrected chi connectivity index (χ4v) is 3.76. The molecule has 1 aliphatic rings. The van der Waals surface area contributed by atoms with Crippen LogP contribution in [0.2, 0.25) is 0 Å². The molecule has 7 heteroatoms. The molecular weight excluding hydrogens is 420 g/mol. The van der Waals surface area contributed by atoms with Crippen molar-refractivity contribution in [1.29, 1.82) is 0 Å². The average molecular weight is 447 g/mol. The minimum absolute atomic E-state index is 0.151. The summed E-state index contributed by atoms with van der Waals surface area (Å²) in [6.07, 6.45) is 5.81. The van der Waals surface area contributed by atoms with Gasteiger partial charge in [-0.15, -0.1) is 0 Å². The zero-order chi connectivity index (χ0) is 23.6. The number of nitrogens with zero attached hydrogens (tertiary/aromatic N) is 1. The van der Waals surface area contributed by atoms with Gasteiger partial charge in [0.25, 0.3) is 6.01 Å². The number of allylic oxidation sites excluding steroid dienone is 2. The summed E-state index contributed by atoms with van der Waals surface area (Å²) in [4.78, 5) is 29.6. The Labute approximate surface area is 191 Å². The molecule has 1 unspecified atom stereocenters. The first kappa shape index (κ1) is 22.3. The van der Waals surface area contributed by atoms with Crippen molar-refractivity contribution in [1.82, 2.24) is 4.98 Å². The number of carbonyl (C=O) groups is 2. The van der Waals surface area contributed by atoms with Crippen molar-refractivity contribution >= 4 is 34.4 Å². The fourth-order valence-electron chi connectivity index (χ4n) is 3.76. The second kappa shape index (κ2) is 8.58. The lowest BCUT2D eigenvalue weighted by Gasteiger charge is -2.33. The topological polar surface area (TPSA) is 102 Å². The number of methoxy groups -OCH3 is 1. The van der Waals surface area contributed by atoms with E-state index >= 15 is 0 Å². The van der Waals surface area contributed by atoms with Crippen molar-refractivity contribution in [3.8, 4) is 5.75 Å². The highest BCUT2D eigenvalue weighted by Crippen LogP contribution is 2.35. The van der Waals surface area contributed by atoms with E-state index in [0.29, 0.717) is 23.3 Å². The van der Waals surface area contributed by atoms with E-state index in [1.807, 2.05) is 42.5 Å². The molecule has 0 amide bonds. The van der Waals surface area contributed by atoms with Crippen molar-refractivity contribution in [2.24, 2.45) is 5.41 Å². The maximum absolute atomic E-state index is 13.5. The monoisotopic (exact) mass is 446 g/mol. The van der Waals surface area contributed by atoms with Crippen LogP contribution in [0.25, 0.3) is 16.7 Å². The van der Waals surface area contributed by atoms with E-state index in [2.05, 4.69) is 10.3 Å². The summed E-state index contributed by atoms with van der Waals surface area (Å²) in [5.41, 5.74) is 0.765. The van der Waals surface area contributed by atoms with Crippen LogP contribution in [0.3, 0.4) is 0 Å². The lowest BCUT2D eigenvalue weighted by molar-refractivity contribution is -0.149. The van der Waals surface area contributed by atoms with Gasteiger partial charge in [0, 0.05) is 18.9 Å². The lowest BCUT2D eigenvalue weighted by Crippen LogP contribution is -2.47. The van der Waals surface area contributed by atoms with Gasteiger partial charge in [0.05, 0.1) is 12.5 Å². The molecule has 0 saturated carbocycles. The summed E-state index contributed by atoms with van der Waals surface area (Å²) in [7, 11) is 1.57. The van der Waals surface area contributed by atoms with Gasteiger partial charge in [0.2, 0.25) is 0 Å². The predicted molar refractivity (Wildman–Crippen MR) is 126 cm³/mol.